The number of alkyl halides is 3. The minimum absolute atomic E-state index is 0.269. The van der Waals surface area contributed by atoms with Gasteiger partial charge in [-0.25, -0.2) is 0 Å². The van der Waals surface area contributed by atoms with Gasteiger partial charge >= 0.3 is 6.36 Å². The van der Waals surface area contributed by atoms with Crippen molar-refractivity contribution in [3.8, 4) is 22.6 Å². The molecule has 2 nitrogen and oxygen atoms in total. The third-order valence-corrected chi connectivity index (χ3v) is 2.88. The van der Waals surface area contributed by atoms with Crippen LogP contribution in [0.3, 0.4) is 0 Å². The standard InChI is InChI=1S/C16H13F3O2/c1-3-11-8-9-12(10-15(11)21-16(17,18)19)13-6-4-5-7-14(13)20-2/h3-10H,1H2,2H3. The first-order valence-corrected chi connectivity index (χ1v) is 6.10. The van der Waals surface area contributed by atoms with Crippen molar-refractivity contribution < 1.29 is 22.6 Å². The van der Waals surface area contributed by atoms with Crippen molar-refractivity contribution in [2.45, 2.75) is 6.36 Å². The molecule has 0 aliphatic rings. The molecule has 0 aliphatic carbocycles. The van der Waals surface area contributed by atoms with Gasteiger partial charge in [0.1, 0.15) is 11.5 Å². The lowest BCUT2D eigenvalue weighted by molar-refractivity contribution is -0.274. The molecular weight excluding hydrogens is 281 g/mol. The summed E-state index contributed by atoms with van der Waals surface area (Å²) in [6, 6.07) is 11.6. The molecular formula is C16H13F3O2. The van der Waals surface area contributed by atoms with Crippen LogP contribution in [-0.4, -0.2) is 13.5 Å². The summed E-state index contributed by atoms with van der Waals surface area (Å²) in [5.41, 5.74) is 1.52. The molecule has 0 atom stereocenters. The van der Waals surface area contributed by atoms with E-state index in [9.17, 15) is 13.2 Å². The van der Waals surface area contributed by atoms with Gasteiger partial charge in [0.05, 0.1) is 7.11 Å². The Bertz CT molecular complexity index is 648. The zero-order valence-electron chi connectivity index (χ0n) is 11.3. The van der Waals surface area contributed by atoms with E-state index in [1.165, 1.54) is 25.3 Å². The summed E-state index contributed by atoms with van der Waals surface area (Å²) < 4.78 is 46.6. The van der Waals surface area contributed by atoms with Gasteiger partial charge in [0, 0.05) is 11.1 Å². The van der Waals surface area contributed by atoms with Crippen molar-refractivity contribution in [1.29, 1.82) is 0 Å². The molecule has 0 unspecified atom stereocenters. The lowest BCUT2D eigenvalue weighted by Crippen LogP contribution is -2.17. The van der Waals surface area contributed by atoms with Crippen LogP contribution in [0.1, 0.15) is 5.56 Å². The average molecular weight is 294 g/mol. The van der Waals surface area contributed by atoms with Crippen LogP contribution in [0.25, 0.3) is 17.2 Å². The molecule has 0 spiro atoms. The van der Waals surface area contributed by atoms with Gasteiger partial charge in [-0.15, -0.1) is 13.2 Å². The van der Waals surface area contributed by atoms with E-state index in [2.05, 4.69) is 11.3 Å². The molecule has 0 N–H and O–H groups in total. The molecule has 2 rings (SSSR count). The van der Waals surface area contributed by atoms with E-state index < -0.39 is 6.36 Å². The van der Waals surface area contributed by atoms with E-state index in [-0.39, 0.29) is 11.3 Å². The number of benzene rings is 2. The minimum atomic E-state index is -4.75. The highest BCUT2D eigenvalue weighted by atomic mass is 19.4. The predicted molar refractivity (Wildman–Crippen MR) is 75.2 cm³/mol. The van der Waals surface area contributed by atoms with Gasteiger partial charge in [-0.1, -0.05) is 43.0 Å². The van der Waals surface area contributed by atoms with Crippen molar-refractivity contribution >= 4 is 6.08 Å². The van der Waals surface area contributed by atoms with Crippen molar-refractivity contribution in [3.63, 3.8) is 0 Å². The Kier molecular flexibility index (Phi) is 4.21. The van der Waals surface area contributed by atoms with Crippen LogP contribution in [0.5, 0.6) is 11.5 Å². The minimum Gasteiger partial charge on any atom is -0.496 e. The smallest absolute Gasteiger partial charge is 0.496 e. The van der Waals surface area contributed by atoms with Gasteiger partial charge in [0.25, 0.3) is 0 Å². The number of hydrogen-bond donors (Lipinski definition) is 0. The van der Waals surface area contributed by atoms with Gasteiger partial charge < -0.3 is 9.47 Å². The molecule has 0 bridgehead atoms. The molecule has 0 fully saturated rings. The number of rotatable bonds is 4. The van der Waals surface area contributed by atoms with E-state index in [0.29, 0.717) is 16.9 Å². The zero-order chi connectivity index (χ0) is 15.5. The normalized spacial score (nSPS) is 11.0. The topological polar surface area (TPSA) is 18.5 Å². The van der Waals surface area contributed by atoms with Gasteiger partial charge in [0.15, 0.2) is 0 Å². The SMILES string of the molecule is C=Cc1ccc(-c2ccccc2OC)cc1OC(F)(F)F. The Morgan fingerprint density at radius 1 is 1.05 bits per heavy atom. The first-order chi connectivity index (χ1) is 9.94. The largest absolute Gasteiger partial charge is 0.573 e. The van der Waals surface area contributed by atoms with Crippen LogP contribution in [-0.2, 0) is 0 Å². The summed E-state index contributed by atoms with van der Waals surface area (Å²) in [5.74, 6) is 0.280. The molecule has 0 aliphatic heterocycles. The molecule has 110 valence electrons. The third-order valence-electron chi connectivity index (χ3n) is 2.88. The Labute approximate surface area is 120 Å². The number of halogens is 3. The van der Waals surface area contributed by atoms with Crippen LogP contribution in [0.15, 0.2) is 49.0 Å². The van der Waals surface area contributed by atoms with Crippen molar-refractivity contribution in [3.05, 3.63) is 54.6 Å². The maximum absolute atomic E-state index is 12.5. The average Bonchev–Trinajstić information content (AvgIpc) is 2.45. The van der Waals surface area contributed by atoms with Gasteiger partial charge in [-0.3, -0.25) is 0 Å². The highest BCUT2D eigenvalue weighted by molar-refractivity contribution is 5.74. The van der Waals surface area contributed by atoms with Crippen molar-refractivity contribution in [2.24, 2.45) is 0 Å². The van der Waals surface area contributed by atoms with Crippen molar-refractivity contribution in [1.82, 2.24) is 0 Å². The molecule has 21 heavy (non-hydrogen) atoms. The zero-order valence-corrected chi connectivity index (χ0v) is 11.3. The number of methoxy groups -OCH3 is 1. The van der Waals surface area contributed by atoms with Gasteiger partial charge in [-0.05, 0) is 17.7 Å². The molecule has 0 heterocycles. The second-order valence-corrected chi connectivity index (χ2v) is 4.20. The fourth-order valence-corrected chi connectivity index (χ4v) is 1.97. The summed E-state index contributed by atoms with van der Waals surface area (Å²) in [7, 11) is 1.50. The Morgan fingerprint density at radius 2 is 1.76 bits per heavy atom. The van der Waals surface area contributed by atoms with E-state index in [1.54, 1.807) is 30.3 Å². The summed E-state index contributed by atoms with van der Waals surface area (Å²) in [6.45, 7) is 3.49. The third kappa shape index (κ3) is 3.56. The maximum atomic E-state index is 12.5. The molecule has 0 saturated carbocycles. The molecule has 2 aromatic rings. The van der Waals surface area contributed by atoms with Crippen molar-refractivity contribution in [2.75, 3.05) is 7.11 Å². The van der Waals surface area contributed by atoms with E-state index in [1.807, 2.05) is 0 Å². The number of hydrogen-bond acceptors (Lipinski definition) is 2. The molecule has 0 radical (unpaired) electrons. The lowest BCUT2D eigenvalue weighted by atomic mass is 10.0. The van der Waals surface area contributed by atoms with Crippen LogP contribution in [0.4, 0.5) is 13.2 Å². The first kappa shape index (κ1) is 15.0. The molecule has 0 aromatic heterocycles. The number of para-hydroxylation sites is 1. The number of ether oxygens (including phenoxy) is 2. The van der Waals surface area contributed by atoms with Crippen LogP contribution in [0, 0.1) is 0 Å². The second kappa shape index (κ2) is 5.91. The fraction of sp³-hybridized carbons (Fsp3) is 0.125. The van der Waals surface area contributed by atoms with E-state index in [0.717, 1.165) is 0 Å². The van der Waals surface area contributed by atoms with E-state index in [4.69, 9.17) is 4.74 Å². The highest BCUT2D eigenvalue weighted by Crippen LogP contribution is 2.35. The second-order valence-electron chi connectivity index (χ2n) is 4.20. The van der Waals surface area contributed by atoms with Gasteiger partial charge in [0.2, 0.25) is 0 Å². The van der Waals surface area contributed by atoms with Crippen LogP contribution in [0.2, 0.25) is 0 Å². The lowest BCUT2D eigenvalue weighted by Gasteiger charge is -2.14. The van der Waals surface area contributed by atoms with Crippen LogP contribution >= 0.6 is 0 Å². The highest BCUT2D eigenvalue weighted by Gasteiger charge is 2.32. The Balaban J connectivity index is 2.51. The Hall–Kier alpha value is -2.43. The summed E-state index contributed by atoms with van der Waals surface area (Å²) in [4.78, 5) is 0. The van der Waals surface area contributed by atoms with Gasteiger partial charge in [-0.2, -0.15) is 0 Å². The maximum Gasteiger partial charge on any atom is 0.573 e. The molecule has 2 aromatic carbocycles. The quantitative estimate of drug-likeness (QED) is 0.798. The van der Waals surface area contributed by atoms with Crippen LogP contribution < -0.4 is 9.47 Å². The summed E-state index contributed by atoms with van der Waals surface area (Å²) in [6.07, 6.45) is -3.44. The molecule has 5 heteroatoms. The Morgan fingerprint density at radius 3 is 2.38 bits per heavy atom. The first-order valence-electron chi connectivity index (χ1n) is 6.10. The molecule has 0 amide bonds. The summed E-state index contributed by atoms with van der Waals surface area (Å²) >= 11 is 0. The molecule has 0 saturated heterocycles. The predicted octanol–water partition coefficient (Wildman–Crippen LogP) is 4.90. The van der Waals surface area contributed by atoms with E-state index >= 15 is 0 Å². The fourth-order valence-electron chi connectivity index (χ4n) is 1.97. The summed E-state index contributed by atoms with van der Waals surface area (Å²) in [5, 5.41) is 0. The monoisotopic (exact) mass is 294 g/mol.